The molecule has 1 aromatic carbocycles. The summed E-state index contributed by atoms with van der Waals surface area (Å²) in [5.74, 6) is 1.02. The van der Waals surface area contributed by atoms with E-state index in [9.17, 15) is 4.79 Å². The summed E-state index contributed by atoms with van der Waals surface area (Å²) in [6, 6.07) is 10.3. The van der Waals surface area contributed by atoms with Gasteiger partial charge in [0.15, 0.2) is 0 Å². The molecule has 2 aromatic rings. The third kappa shape index (κ3) is 4.51. The predicted molar refractivity (Wildman–Crippen MR) is 141 cm³/mol. The number of rotatable bonds is 7. The molecule has 0 radical (unpaired) electrons. The average molecular weight is 477 g/mol. The van der Waals surface area contributed by atoms with Crippen LogP contribution in [0.2, 0.25) is 0 Å². The molecule has 2 N–H and O–H groups in total. The maximum atomic E-state index is 13.1. The molecule has 3 atom stereocenters. The Kier molecular flexibility index (Phi) is 6.47. The number of anilines is 3. The van der Waals surface area contributed by atoms with Crippen LogP contribution in [-0.2, 0) is 0 Å². The highest BCUT2D eigenvalue weighted by Crippen LogP contribution is 2.65. The fourth-order valence-corrected chi connectivity index (χ4v) is 6.63. The van der Waals surface area contributed by atoms with Crippen molar-refractivity contribution in [2.75, 3.05) is 42.9 Å². The molecular formula is C28H40N6O. The topological polar surface area (TPSA) is 73.4 Å². The van der Waals surface area contributed by atoms with Crippen molar-refractivity contribution < 1.29 is 4.79 Å². The van der Waals surface area contributed by atoms with Crippen molar-refractivity contribution >= 4 is 23.2 Å². The minimum Gasteiger partial charge on any atom is -0.369 e. The summed E-state index contributed by atoms with van der Waals surface area (Å²) < 4.78 is 0. The highest BCUT2D eigenvalue weighted by atomic mass is 16.2. The van der Waals surface area contributed by atoms with E-state index >= 15 is 0 Å². The van der Waals surface area contributed by atoms with Crippen LogP contribution in [0.25, 0.3) is 0 Å². The Morgan fingerprint density at radius 2 is 1.83 bits per heavy atom. The van der Waals surface area contributed by atoms with E-state index in [0.29, 0.717) is 17.6 Å². The Bertz CT molecular complexity index is 1050. The lowest BCUT2D eigenvalue weighted by atomic mass is 9.69. The Labute approximate surface area is 209 Å². The smallest absolute Gasteiger partial charge is 0.270 e. The van der Waals surface area contributed by atoms with Crippen LogP contribution in [0.5, 0.6) is 0 Å². The van der Waals surface area contributed by atoms with Gasteiger partial charge < -0.3 is 15.5 Å². The molecule has 2 bridgehead atoms. The number of nitrogens with one attached hydrogen (secondary N) is 2. The molecule has 2 saturated carbocycles. The molecule has 1 saturated heterocycles. The van der Waals surface area contributed by atoms with Gasteiger partial charge in [0.2, 0.25) is 5.95 Å². The first kappa shape index (κ1) is 24.0. The molecule has 3 fully saturated rings. The van der Waals surface area contributed by atoms with Crippen molar-refractivity contribution in [2.45, 2.75) is 59.4 Å². The Balaban J connectivity index is 1.19. The number of benzene rings is 1. The van der Waals surface area contributed by atoms with Crippen LogP contribution >= 0.6 is 0 Å². The Hall–Kier alpha value is -2.67. The van der Waals surface area contributed by atoms with Gasteiger partial charge in [-0.15, -0.1) is 0 Å². The molecule has 35 heavy (non-hydrogen) atoms. The normalized spacial score (nSPS) is 27.7. The van der Waals surface area contributed by atoms with E-state index in [1.165, 1.54) is 31.5 Å². The first-order chi connectivity index (χ1) is 16.8. The van der Waals surface area contributed by atoms with Crippen molar-refractivity contribution in [3.63, 3.8) is 0 Å². The zero-order valence-electron chi connectivity index (χ0n) is 21.7. The van der Waals surface area contributed by atoms with Crippen LogP contribution in [0.15, 0.2) is 36.5 Å². The van der Waals surface area contributed by atoms with Gasteiger partial charge in [0.05, 0.1) is 0 Å². The van der Waals surface area contributed by atoms with Gasteiger partial charge in [-0.3, -0.25) is 9.69 Å². The first-order valence-corrected chi connectivity index (χ1v) is 13.3. The first-order valence-electron chi connectivity index (χ1n) is 13.3. The number of fused-ring (bicyclic) bond motifs is 2. The van der Waals surface area contributed by atoms with E-state index in [1.54, 1.807) is 12.3 Å². The summed E-state index contributed by atoms with van der Waals surface area (Å²) in [6.45, 7) is 14.9. The number of piperazine rings is 1. The summed E-state index contributed by atoms with van der Waals surface area (Å²) in [5, 5.41) is 6.57. The van der Waals surface area contributed by atoms with Crippen LogP contribution in [0, 0.1) is 16.7 Å². The molecule has 2 heterocycles. The maximum absolute atomic E-state index is 13.1. The summed E-state index contributed by atoms with van der Waals surface area (Å²) in [6.07, 6.45) is 6.37. The Morgan fingerprint density at radius 1 is 1.09 bits per heavy atom. The predicted octanol–water partition coefficient (Wildman–Crippen LogP) is 4.70. The standard InChI is InChI=1S/C28H40N6O/c1-5-14-33-15-17-34(18-16-33)22-8-6-21(7-9-22)30-26-29-13-11-23(31-26)25(35)32-24-19-20-10-12-28(24,4)27(20,2)3/h6-9,11,13,20,24H,5,10,12,14-19H2,1-4H3,(H,32,35)(H,29,30,31). The van der Waals surface area contributed by atoms with Crippen molar-refractivity contribution in [1.82, 2.24) is 20.2 Å². The molecule has 3 aliphatic rings. The number of aromatic nitrogens is 2. The van der Waals surface area contributed by atoms with Crippen LogP contribution < -0.4 is 15.5 Å². The van der Waals surface area contributed by atoms with E-state index in [4.69, 9.17) is 0 Å². The van der Waals surface area contributed by atoms with Crippen molar-refractivity contribution in [3.05, 3.63) is 42.2 Å². The molecular weight excluding hydrogens is 436 g/mol. The van der Waals surface area contributed by atoms with Gasteiger partial charge >= 0.3 is 0 Å². The minimum absolute atomic E-state index is 0.109. The summed E-state index contributed by atoms with van der Waals surface area (Å²) in [7, 11) is 0. The molecule has 188 valence electrons. The molecule has 1 amide bonds. The fraction of sp³-hybridized carbons (Fsp3) is 0.607. The average Bonchev–Trinajstić information content (AvgIpc) is 3.19. The second-order valence-corrected chi connectivity index (χ2v) is 11.4. The lowest BCUT2D eigenvalue weighted by molar-refractivity contribution is 0.0821. The number of hydrogen-bond donors (Lipinski definition) is 2. The second-order valence-electron chi connectivity index (χ2n) is 11.4. The molecule has 0 spiro atoms. The molecule has 7 nitrogen and oxygen atoms in total. The highest BCUT2D eigenvalue weighted by molar-refractivity contribution is 5.92. The van der Waals surface area contributed by atoms with Crippen molar-refractivity contribution in [2.24, 2.45) is 16.7 Å². The monoisotopic (exact) mass is 476 g/mol. The van der Waals surface area contributed by atoms with Gasteiger partial charge in [0, 0.05) is 49.8 Å². The number of amides is 1. The van der Waals surface area contributed by atoms with Crippen molar-refractivity contribution in [3.8, 4) is 0 Å². The van der Waals surface area contributed by atoms with E-state index in [1.807, 2.05) is 0 Å². The van der Waals surface area contributed by atoms with E-state index in [0.717, 1.165) is 38.3 Å². The molecule has 1 aliphatic heterocycles. The minimum atomic E-state index is -0.109. The Morgan fingerprint density at radius 3 is 2.46 bits per heavy atom. The molecule has 7 heteroatoms. The summed E-state index contributed by atoms with van der Waals surface area (Å²) in [5.41, 5.74) is 2.97. The molecule has 3 unspecified atom stereocenters. The third-order valence-corrected chi connectivity index (χ3v) is 9.39. The van der Waals surface area contributed by atoms with Crippen LogP contribution in [0.3, 0.4) is 0 Å². The summed E-state index contributed by atoms with van der Waals surface area (Å²) in [4.78, 5) is 26.9. The van der Waals surface area contributed by atoms with E-state index in [-0.39, 0.29) is 22.8 Å². The number of nitrogens with zero attached hydrogens (tertiary/aromatic N) is 4. The third-order valence-electron chi connectivity index (χ3n) is 9.39. The van der Waals surface area contributed by atoms with Gasteiger partial charge in [0.25, 0.3) is 5.91 Å². The zero-order chi connectivity index (χ0) is 24.6. The van der Waals surface area contributed by atoms with Crippen LogP contribution in [-0.4, -0.2) is 59.5 Å². The number of carbonyl (C=O) groups excluding carboxylic acids is 1. The zero-order valence-corrected chi connectivity index (χ0v) is 21.7. The second kappa shape index (κ2) is 9.41. The van der Waals surface area contributed by atoms with E-state index in [2.05, 4.69) is 82.4 Å². The van der Waals surface area contributed by atoms with Gasteiger partial charge in [0.1, 0.15) is 5.69 Å². The van der Waals surface area contributed by atoms with Gasteiger partial charge in [-0.2, -0.15) is 0 Å². The van der Waals surface area contributed by atoms with Crippen LogP contribution in [0.1, 0.15) is 63.9 Å². The van der Waals surface area contributed by atoms with Gasteiger partial charge in [-0.25, -0.2) is 9.97 Å². The quantitative estimate of drug-likeness (QED) is 0.604. The fourth-order valence-electron chi connectivity index (χ4n) is 6.63. The molecule has 2 aliphatic carbocycles. The van der Waals surface area contributed by atoms with Gasteiger partial charge in [-0.1, -0.05) is 27.7 Å². The highest BCUT2D eigenvalue weighted by Gasteiger charge is 2.61. The van der Waals surface area contributed by atoms with Gasteiger partial charge in [-0.05, 0) is 79.3 Å². The van der Waals surface area contributed by atoms with Crippen molar-refractivity contribution in [1.29, 1.82) is 0 Å². The van der Waals surface area contributed by atoms with E-state index < -0.39 is 0 Å². The SMILES string of the molecule is CCCN1CCN(c2ccc(Nc3nccc(C(=O)NC4CC5CCC4(C)C5(C)C)n3)cc2)CC1. The lowest BCUT2D eigenvalue weighted by Crippen LogP contribution is -2.47. The lowest BCUT2D eigenvalue weighted by Gasteiger charge is -2.39. The maximum Gasteiger partial charge on any atom is 0.270 e. The largest absolute Gasteiger partial charge is 0.369 e. The number of carbonyl (C=O) groups is 1. The van der Waals surface area contributed by atoms with Crippen LogP contribution in [0.4, 0.5) is 17.3 Å². The number of hydrogen-bond acceptors (Lipinski definition) is 6. The molecule has 1 aromatic heterocycles. The summed E-state index contributed by atoms with van der Waals surface area (Å²) >= 11 is 0. The molecule has 5 rings (SSSR count).